The molecule has 1 unspecified atom stereocenters. The fourth-order valence-electron chi connectivity index (χ4n) is 0.578. The van der Waals surface area contributed by atoms with Gasteiger partial charge >= 0.3 is 86.9 Å². The summed E-state index contributed by atoms with van der Waals surface area (Å²) in [5, 5.41) is 9.24. The van der Waals surface area contributed by atoms with Crippen LogP contribution >= 0.6 is 19.9 Å². The Morgan fingerprint density at radius 1 is 1.64 bits per heavy atom. The third-order valence-corrected chi connectivity index (χ3v) is 9.43. The van der Waals surface area contributed by atoms with E-state index >= 15 is 0 Å². The molecule has 0 radical (unpaired) electrons. The van der Waals surface area contributed by atoms with E-state index in [0.29, 0.717) is 3.08 Å². The van der Waals surface area contributed by atoms with Crippen molar-refractivity contribution in [1.82, 2.24) is 0 Å². The van der Waals surface area contributed by atoms with E-state index in [4.69, 9.17) is 25.0 Å². The van der Waals surface area contributed by atoms with Crippen molar-refractivity contribution in [2.75, 3.05) is 0 Å². The van der Waals surface area contributed by atoms with E-state index in [0.717, 1.165) is 0 Å². The van der Waals surface area contributed by atoms with E-state index < -0.39 is 29.4 Å². The number of rotatable bonds is 3. The van der Waals surface area contributed by atoms with Gasteiger partial charge in [-0.05, 0) is 0 Å². The molecule has 0 bridgehead atoms. The van der Waals surface area contributed by atoms with Gasteiger partial charge in [0, 0.05) is 0 Å². The normalized spacial score (nSPS) is 15.0. The van der Waals surface area contributed by atoms with Crippen LogP contribution in [0.2, 0.25) is 0 Å². The Morgan fingerprint density at radius 2 is 2.09 bits per heavy atom. The molecule has 0 aromatic rings. The number of carbonyl (C=O) groups is 1. The van der Waals surface area contributed by atoms with E-state index in [1.165, 1.54) is 13.8 Å². The maximum absolute atomic E-state index is 10.8. The summed E-state index contributed by atoms with van der Waals surface area (Å²) in [6.07, 6.45) is -0.769. The summed E-state index contributed by atoms with van der Waals surface area (Å²) in [5.74, 6) is -0.104. The Labute approximate surface area is 86.4 Å². The van der Waals surface area contributed by atoms with Crippen LogP contribution in [0, 0.1) is 0 Å². The van der Waals surface area contributed by atoms with Gasteiger partial charge in [-0.25, -0.2) is 0 Å². The average Bonchev–Trinajstić information content (AvgIpc) is 1.88. The van der Waals surface area contributed by atoms with Crippen molar-refractivity contribution in [2.24, 2.45) is 0 Å². The topological polar surface area (TPSA) is 37.3 Å². The van der Waals surface area contributed by atoms with Gasteiger partial charge in [0.05, 0.1) is 0 Å². The Morgan fingerprint density at radius 3 is 2.18 bits per heavy atom. The van der Waals surface area contributed by atoms with Crippen LogP contribution in [0.5, 0.6) is 0 Å². The fourth-order valence-corrected chi connectivity index (χ4v) is 7.19. The molecule has 0 saturated heterocycles. The van der Waals surface area contributed by atoms with Gasteiger partial charge in [-0.2, -0.15) is 0 Å². The number of Topliss-reactive ketones (excluding diaryl/α,β-unsaturated/α-hetero) is 1. The van der Waals surface area contributed by atoms with Crippen molar-refractivity contribution >= 4 is 25.6 Å². The number of hydrogen-bond acceptors (Lipinski definition) is 2. The average molecular weight is 384 g/mol. The van der Waals surface area contributed by atoms with Crippen LogP contribution in [0.25, 0.3) is 0 Å². The molecule has 0 aliphatic carbocycles. The van der Waals surface area contributed by atoms with Gasteiger partial charge in [-0.3, -0.25) is 0 Å². The standard InChI is InChI=1S/C6H8ClO2.ClH.Hg/c1-4(8)3-6(7)5(2)9;;/h5,9H,1-2H3;1H;/q;;+1/p-1. The molecular formula is C6H8Cl2HgO2. The van der Waals surface area contributed by atoms with Gasteiger partial charge in [0.25, 0.3) is 0 Å². The summed E-state index contributed by atoms with van der Waals surface area (Å²) in [6.45, 7) is 2.94. The van der Waals surface area contributed by atoms with Crippen LogP contribution in [0.15, 0.2) is 8.11 Å². The molecule has 0 spiro atoms. The quantitative estimate of drug-likeness (QED) is 0.594. The van der Waals surface area contributed by atoms with Gasteiger partial charge in [0.2, 0.25) is 0 Å². The summed E-state index contributed by atoms with van der Waals surface area (Å²) >= 11 is 3.87. The summed E-state index contributed by atoms with van der Waals surface area (Å²) < 4.78 is 0.503. The predicted octanol–water partition coefficient (Wildman–Crippen LogP) is 1.64. The van der Waals surface area contributed by atoms with Crippen molar-refractivity contribution in [3.05, 3.63) is 8.11 Å². The predicted molar refractivity (Wildman–Crippen MR) is 41.1 cm³/mol. The molecule has 60 valence electrons. The van der Waals surface area contributed by atoms with Crippen LogP contribution < -0.4 is 0 Å². The molecular weight excluding hydrogens is 376 g/mol. The first-order valence-electron chi connectivity index (χ1n) is 3.14. The first-order chi connectivity index (χ1) is 5.00. The van der Waals surface area contributed by atoms with Crippen molar-refractivity contribution in [3.63, 3.8) is 0 Å². The monoisotopic (exact) mass is 384 g/mol. The molecule has 11 heavy (non-hydrogen) atoms. The first kappa shape index (κ1) is 11.9. The maximum atomic E-state index is 10.8. The molecule has 0 saturated carbocycles. The Balaban J connectivity index is 4.68. The molecule has 0 aromatic heterocycles. The number of ketones is 1. The third-order valence-electron chi connectivity index (χ3n) is 1.21. The Bertz CT molecular complexity index is 189. The number of aliphatic hydroxyl groups is 1. The van der Waals surface area contributed by atoms with Gasteiger partial charge in [-0.15, -0.1) is 0 Å². The van der Waals surface area contributed by atoms with Crippen LogP contribution in [0.4, 0.5) is 0 Å². The number of carbonyl (C=O) groups excluding carboxylic acids is 1. The molecule has 0 rings (SSSR count). The van der Waals surface area contributed by atoms with E-state index in [2.05, 4.69) is 0 Å². The van der Waals surface area contributed by atoms with Crippen molar-refractivity contribution < 1.29 is 33.2 Å². The number of halogens is 2. The molecule has 5 heteroatoms. The summed E-state index contributed by atoms with van der Waals surface area (Å²) in [5.41, 5.74) is 0. The number of aliphatic hydroxyl groups excluding tert-OH is 1. The minimum atomic E-state index is -1.78. The number of hydrogen-bond donors (Lipinski definition) is 1. The van der Waals surface area contributed by atoms with E-state index in [1.807, 2.05) is 0 Å². The molecule has 0 fully saturated rings. The molecule has 0 aliphatic heterocycles. The van der Waals surface area contributed by atoms with Crippen LogP contribution in [0.1, 0.15) is 13.8 Å². The van der Waals surface area contributed by atoms with Crippen molar-refractivity contribution in [1.29, 1.82) is 0 Å². The molecule has 2 nitrogen and oxygen atoms in total. The molecule has 0 aromatic carbocycles. The van der Waals surface area contributed by atoms with E-state index in [9.17, 15) is 4.79 Å². The molecule has 0 amide bonds. The number of allylic oxidation sites excluding steroid dienone is 1. The van der Waals surface area contributed by atoms with Gasteiger partial charge in [0.1, 0.15) is 0 Å². The van der Waals surface area contributed by atoms with Crippen molar-refractivity contribution in [3.8, 4) is 0 Å². The second-order valence-electron chi connectivity index (χ2n) is 2.19. The second kappa shape index (κ2) is 5.52. The van der Waals surface area contributed by atoms with Gasteiger partial charge < -0.3 is 0 Å². The Kier molecular flexibility index (Phi) is 5.96. The van der Waals surface area contributed by atoms with E-state index in [-0.39, 0.29) is 10.8 Å². The van der Waals surface area contributed by atoms with Crippen LogP contribution in [-0.2, 0) is 28.1 Å². The van der Waals surface area contributed by atoms with Crippen LogP contribution in [0.3, 0.4) is 0 Å². The fraction of sp³-hybridized carbons (Fsp3) is 0.500. The zero-order chi connectivity index (χ0) is 9.02. The molecule has 1 atom stereocenters. The second-order valence-corrected chi connectivity index (χ2v) is 8.73. The third kappa shape index (κ3) is 3.88. The zero-order valence-electron chi connectivity index (χ0n) is 6.40. The summed E-state index contributed by atoms with van der Waals surface area (Å²) in [4.78, 5) is 10.8. The summed E-state index contributed by atoms with van der Waals surface area (Å²) in [6, 6.07) is 0. The molecule has 0 heterocycles. The molecule has 0 aliphatic rings. The minimum absolute atomic E-state index is 0.104. The SMILES string of the molecule is CC(=O)/[C]([Hg][Cl])=C(/Cl)C(C)O. The molecule has 1 N–H and O–H groups in total. The van der Waals surface area contributed by atoms with Gasteiger partial charge in [-0.1, -0.05) is 0 Å². The van der Waals surface area contributed by atoms with Crippen LogP contribution in [-0.4, -0.2) is 17.0 Å². The first-order valence-corrected chi connectivity index (χ1v) is 13.0. The van der Waals surface area contributed by atoms with Gasteiger partial charge in [0.15, 0.2) is 0 Å². The van der Waals surface area contributed by atoms with Crippen molar-refractivity contribution in [2.45, 2.75) is 20.0 Å². The van der Waals surface area contributed by atoms with E-state index in [1.54, 1.807) is 0 Å². The summed E-state index contributed by atoms with van der Waals surface area (Å²) in [7, 11) is 5.65. The Hall–Kier alpha value is 0.885. The zero-order valence-corrected chi connectivity index (χ0v) is 13.4.